The minimum atomic E-state index is -1.74. The largest absolute Gasteiger partial charge is 0.377 e. The first-order chi connectivity index (χ1) is 15.4. The Morgan fingerprint density at radius 3 is 1.31 bits per heavy atom. The minimum Gasteiger partial charge on any atom is -0.377 e. The molecule has 2 atom stereocenters. The molecule has 0 bridgehead atoms. The van der Waals surface area contributed by atoms with Crippen LogP contribution in [0.5, 0.6) is 0 Å². The van der Waals surface area contributed by atoms with Crippen LogP contribution in [-0.2, 0) is 0 Å². The quantitative estimate of drug-likeness (QED) is 0.686. The van der Waals surface area contributed by atoms with E-state index in [0.29, 0.717) is 0 Å². The Bertz CT molecular complexity index is 1120. The molecule has 2 aromatic carbocycles. The van der Waals surface area contributed by atoms with Crippen molar-refractivity contribution in [3.05, 3.63) is 119 Å². The molecule has 0 radical (unpaired) electrons. The highest BCUT2D eigenvalue weighted by atomic mass is 16.3. The van der Waals surface area contributed by atoms with Gasteiger partial charge in [-0.25, -0.2) is 0 Å². The average molecular weight is 426 g/mol. The predicted molar refractivity (Wildman–Crippen MR) is 121 cm³/mol. The summed E-state index contributed by atoms with van der Waals surface area (Å²) in [6, 6.07) is 12.5. The second kappa shape index (κ2) is 8.46. The van der Waals surface area contributed by atoms with Crippen LogP contribution in [0.1, 0.15) is 49.5 Å². The zero-order chi connectivity index (χ0) is 22.8. The number of carbonyl (C=O) groups is 3. The van der Waals surface area contributed by atoms with Crippen LogP contribution in [0.2, 0.25) is 0 Å². The van der Waals surface area contributed by atoms with Gasteiger partial charge >= 0.3 is 0 Å². The summed E-state index contributed by atoms with van der Waals surface area (Å²) in [6.45, 7) is 0. The monoisotopic (exact) mass is 426 g/mol. The molecule has 0 saturated heterocycles. The number of aliphatic hydroxyl groups is 2. The molecule has 0 fully saturated rings. The third-order valence-electron chi connectivity index (χ3n) is 5.72. The van der Waals surface area contributed by atoms with E-state index < -0.39 is 28.6 Å². The molecule has 2 unspecified atom stereocenters. The van der Waals surface area contributed by atoms with Crippen molar-refractivity contribution in [1.29, 1.82) is 0 Å². The van der Waals surface area contributed by atoms with Crippen LogP contribution in [0.4, 0.5) is 0 Å². The van der Waals surface area contributed by atoms with Crippen LogP contribution in [0.3, 0.4) is 0 Å². The standard InChI is InChI=1S/C27H22O5/c28-23(19-11-3-5-13-21(19)24(29)26(31)15-7-1-8-16-26)20-12-4-6-14-22(20)25(30)27(32)17-9-2-10-18-27/h1-15,17,31-32H,16,18H2. The van der Waals surface area contributed by atoms with E-state index in [1.165, 1.54) is 36.4 Å². The highest BCUT2D eigenvalue weighted by molar-refractivity contribution is 6.21. The van der Waals surface area contributed by atoms with E-state index in [2.05, 4.69) is 0 Å². The van der Waals surface area contributed by atoms with E-state index in [1.807, 2.05) is 0 Å². The zero-order valence-electron chi connectivity index (χ0n) is 17.3. The summed E-state index contributed by atoms with van der Waals surface area (Å²) in [5.41, 5.74) is -3.17. The van der Waals surface area contributed by atoms with E-state index in [9.17, 15) is 24.6 Å². The molecule has 0 heterocycles. The van der Waals surface area contributed by atoms with Gasteiger partial charge in [0.2, 0.25) is 0 Å². The number of allylic oxidation sites excluding steroid dienone is 4. The molecule has 2 N–H and O–H groups in total. The Labute approximate surface area is 185 Å². The minimum absolute atomic E-state index is 0.0707. The molecule has 0 amide bonds. The number of hydrogen-bond acceptors (Lipinski definition) is 5. The van der Waals surface area contributed by atoms with Gasteiger partial charge in [0, 0.05) is 35.1 Å². The molecule has 4 rings (SSSR count). The normalized spacial score (nSPS) is 23.8. The molecule has 0 saturated carbocycles. The molecule has 2 aliphatic rings. The SMILES string of the molecule is O=C(c1ccccc1C(=O)C1(O)C=CC=CC1)c1ccccc1C(=O)C1(O)C=CC=CC1. The van der Waals surface area contributed by atoms with Crippen molar-refractivity contribution in [3.63, 3.8) is 0 Å². The summed E-state index contributed by atoms with van der Waals surface area (Å²) in [6.07, 6.45) is 13.0. The number of hydrogen-bond donors (Lipinski definition) is 2. The fraction of sp³-hybridized carbons (Fsp3) is 0.148. The summed E-state index contributed by atoms with van der Waals surface area (Å²) >= 11 is 0. The van der Waals surface area contributed by atoms with Crippen molar-refractivity contribution in [3.8, 4) is 0 Å². The molecule has 0 aromatic heterocycles. The third kappa shape index (κ3) is 3.84. The van der Waals surface area contributed by atoms with Crippen LogP contribution in [-0.4, -0.2) is 38.8 Å². The average Bonchev–Trinajstić information content (AvgIpc) is 2.83. The lowest BCUT2D eigenvalue weighted by Gasteiger charge is -2.25. The molecule has 5 nitrogen and oxygen atoms in total. The maximum absolute atomic E-state index is 13.5. The maximum Gasteiger partial charge on any atom is 0.199 e. The van der Waals surface area contributed by atoms with Crippen molar-refractivity contribution in [2.24, 2.45) is 0 Å². The smallest absolute Gasteiger partial charge is 0.199 e. The van der Waals surface area contributed by atoms with Gasteiger partial charge in [0.25, 0.3) is 0 Å². The number of ketones is 3. The molecule has 2 aliphatic carbocycles. The Hall–Kier alpha value is -3.67. The lowest BCUT2D eigenvalue weighted by molar-refractivity contribution is 0.0532. The van der Waals surface area contributed by atoms with Crippen molar-refractivity contribution >= 4 is 17.3 Å². The van der Waals surface area contributed by atoms with Crippen LogP contribution in [0.25, 0.3) is 0 Å². The highest BCUT2D eigenvalue weighted by Crippen LogP contribution is 2.29. The van der Waals surface area contributed by atoms with Gasteiger partial charge in [0.05, 0.1) is 0 Å². The lowest BCUT2D eigenvalue weighted by atomic mass is 9.81. The fourth-order valence-electron chi connectivity index (χ4n) is 3.92. The topological polar surface area (TPSA) is 91.7 Å². The van der Waals surface area contributed by atoms with Crippen LogP contribution in [0.15, 0.2) is 97.1 Å². The van der Waals surface area contributed by atoms with Crippen molar-refractivity contribution in [1.82, 2.24) is 0 Å². The highest BCUT2D eigenvalue weighted by Gasteiger charge is 2.38. The van der Waals surface area contributed by atoms with Gasteiger partial charge in [-0.1, -0.05) is 85.0 Å². The summed E-state index contributed by atoms with van der Waals surface area (Å²) in [5.74, 6) is -1.72. The molecule has 32 heavy (non-hydrogen) atoms. The Kier molecular flexibility index (Phi) is 5.70. The molecular weight excluding hydrogens is 404 g/mol. The fourth-order valence-corrected chi connectivity index (χ4v) is 3.92. The first-order valence-electron chi connectivity index (χ1n) is 10.3. The van der Waals surface area contributed by atoms with Crippen LogP contribution < -0.4 is 0 Å². The van der Waals surface area contributed by atoms with E-state index in [4.69, 9.17) is 0 Å². The third-order valence-corrected chi connectivity index (χ3v) is 5.72. The van der Waals surface area contributed by atoms with E-state index in [-0.39, 0.29) is 35.1 Å². The van der Waals surface area contributed by atoms with E-state index >= 15 is 0 Å². The van der Waals surface area contributed by atoms with Gasteiger partial charge in [-0.05, 0) is 12.2 Å². The van der Waals surface area contributed by atoms with Crippen molar-refractivity contribution in [2.45, 2.75) is 24.0 Å². The van der Waals surface area contributed by atoms with Gasteiger partial charge in [0.1, 0.15) is 11.2 Å². The molecular formula is C27H22O5. The lowest BCUT2D eigenvalue weighted by Crippen LogP contribution is -2.38. The van der Waals surface area contributed by atoms with Gasteiger partial charge in [-0.2, -0.15) is 0 Å². The zero-order valence-corrected chi connectivity index (χ0v) is 17.3. The number of carbonyl (C=O) groups excluding carboxylic acids is 3. The Morgan fingerprint density at radius 1 is 0.594 bits per heavy atom. The maximum atomic E-state index is 13.5. The second-order valence-electron chi connectivity index (χ2n) is 7.91. The summed E-state index contributed by atoms with van der Waals surface area (Å²) in [7, 11) is 0. The van der Waals surface area contributed by atoms with E-state index in [0.717, 1.165) is 0 Å². The Morgan fingerprint density at radius 2 is 0.969 bits per heavy atom. The molecule has 5 heteroatoms. The van der Waals surface area contributed by atoms with Crippen LogP contribution in [0, 0.1) is 0 Å². The Balaban J connectivity index is 1.75. The second-order valence-corrected chi connectivity index (χ2v) is 7.91. The summed E-state index contributed by atoms with van der Waals surface area (Å²) in [4.78, 5) is 39.9. The van der Waals surface area contributed by atoms with Gasteiger partial charge in [-0.3, -0.25) is 14.4 Å². The summed E-state index contributed by atoms with van der Waals surface area (Å²) in [5, 5.41) is 21.6. The van der Waals surface area contributed by atoms with Crippen molar-refractivity contribution in [2.75, 3.05) is 0 Å². The number of rotatable bonds is 6. The molecule has 2 aromatic rings. The van der Waals surface area contributed by atoms with Gasteiger partial charge < -0.3 is 10.2 Å². The van der Waals surface area contributed by atoms with Crippen molar-refractivity contribution < 1.29 is 24.6 Å². The van der Waals surface area contributed by atoms with Gasteiger partial charge in [0.15, 0.2) is 17.3 Å². The van der Waals surface area contributed by atoms with Gasteiger partial charge in [-0.15, -0.1) is 0 Å². The first kappa shape index (κ1) is 21.6. The molecule has 0 spiro atoms. The molecule has 160 valence electrons. The molecule has 0 aliphatic heterocycles. The predicted octanol–water partition coefficient (Wildman–Crippen LogP) is 3.78. The number of benzene rings is 2. The summed E-state index contributed by atoms with van der Waals surface area (Å²) < 4.78 is 0. The first-order valence-corrected chi connectivity index (χ1v) is 10.3. The van der Waals surface area contributed by atoms with E-state index in [1.54, 1.807) is 60.7 Å². The number of Topliss-reactive ketones (excluding diaryl/α,β-unsaturated/α-hetero) is 2. The van der Waals surface area contributed by atoms with Crippen LogP contribution >= 0.6 is 0 Å².